The van der Waals surface area contributed by atoms with E-state index in [0.29, 0.717) is 29.3 Å². The molecular formula is C14H14N4O. The second kappa shape index (κ2) is 4.61. The Morgan fingerprint density at radius 1 is 1.26 bits per heavy atom. The van der Waals surface area contributed by atoms with Crippen molar-refractivity contribution in [2.24, 2.45) is 0 Å². The molecule has 5 heteroatoms. The quantitative estimate of drug-likeness (QED) is 0.703. The number of oxazole rings is 1. The third-order valence-corrected chi connectivity index (χ3v) is 2.87. The molecule has 0 bridgehead atoms. The van der Waals surface area contributed by atoms with Gasteiger partial charge >= 0.3 is 0 Å². The molecule has 0 unspecified atom stereocenters. The molecule has 0 aliphatic heterocycles. The number of para-hydroxylation sites is 1. The Bertz CT molecular complexity index is 703. The molecule has 3 aromatic rings. The van der Waals surface area contributed by atoms with E-state index >= 15 is 0 Å². The molecule has 19 heavy (non-hydrogen) atoms. The van der Waals surface area contributed by atoms with Crippen LogP contribution in [-0.2, 0) is 6.54 Å². The highest BCUT2D eigenvalue weighted by Crippen LogP contribution is 2.23. The maximum absolute atomic E-state index is 5.83. The minimum absolute atomic E-state index is 0.466. The van der Waals surface area contributed by atoms with E-state index in [2.05, 4.69) is 15.3 Å². The molecule has 0 amide bonds. The van der Waals surface area contributed by atoms with Crippen LogP contribution in [0, 0.1) is 6.92 Å². The summed E-state index contributed by atoms with van der Waals surface area (Å²) < 4.78 is 5.57. The molecule has 3 N–H and O–H groups in total. The number of fused-ring (bicyclic) bond motifs is 1. The van der Waals surface area contributed by atoms with Gasteiger partial charge in [-0.1, -0.05) is 12.1 Å². The molecule has 0 saturated heterocycles. The fourth-order valence-corrected chi connectivity index (χ4v) is 1.83. The summed E-state index contributed by atoms with van der Waals surface area (Å²) >= 11 is 0. The molecule has 2 aromatic heterocycles. The van der Waals surface area contributed by atoms with Crippen molar-refractivity contribution in [1.82, 2.24) is 9.97 Å². The maximum Gasteiger partial charge on any atom is 0.296 e. The summed E-state index contributed by atoms with van der Waals surface area (Å²) in [6.45, 7) is 2.57. The van der Waals surface area contributed by atoms with Crippen molar-refractivity contribution >= 4 is 22.8 Å². The van der Waals surface area contributed by atoms with Crippen molar-refractivity contribution in [3.8, 4) is 0 Å². The van der Waals surface area contributed by atoms with Gasteiger partial charge in [0.25, 0.3) is 6.01 Å². The van der Waals surface area contributed by atoms with E-state index in [9.17, 15) is 0 Å². The summed E-state index contributed by atoms with van der Waals surface area (Å²) in [4.78, 5) is 8.56. The molecular weight excluding hydrogens is 240 g/mol. The molecule has 0 atom stereocenters. The van der Waals surface area contributed by atoms with E-state index in [1.54, 1.807) is 6.07 Å². The van der Waals surface area contributed by atoms with Gasteiger partial charge in [0, 0.05) is 18.4 Å². The SMILES string of the molecule is Cc1ccc(CNc2nc3c(N)cccc3o2)cn1. The fraction of sp³-hybridized carbons (Fsp3) is 0.143. The van der Waals surface area contributed by atoms with Gasteiger partial charge in [-0.3, -0.25) is 4.98 Å². The van der Waals surface area contributed by atoms with Crippen LogP contribution in [0.1, 0.15) is 11.3 Å². The average molecular weight is 254 g/mol. The minimum Gasteiger partial charge on any atom is -0.423 e. The van der Waals surface area contributed by atoms with Crippen molar-refractivity contribution < 1.29 is 4.42 Å². The van der Waals surface area contributed by atoms with Gasteiger partial charge in [-0.15, -0.1) is 0 Å². The van der Waals surface area contributed by atoms with E-state index < -0.39 is 0 Å². The predicted octanol–water partition coefficient (Wildman–Crippen LogP) is 2.73. The van der Waals surface area contributed by atoms with Crippen LogP contribution in [0.15, 0.2) is 40.9 Å². The second-order valence-corrected chi connectivity index (χ2v) is 4.37. The van der Waals surface area contributed by atoms with E-state index in [1.807, 2.05) is 37.4 Å². The van der Waals surface area contributed by atoms with Crippen LogP contribution in [0.4, 0.5) is 11.7 Å². The van der Waals surface area contributed by atoms with Crippen LogP contribution >= 0.6 is 0 Å². The second-order valence-electron chi connectivity index (χ2n) is 4.37. The predicted molar refractivity (Wildman–Crippen MR) is 74.7 cm³/mol. The monoisotopic (exact) mass is 254 g/mol. The highest BCUT2D eigenvalue weighted by Gasteiger charge is 2.07. The first kappa shape index (κ1) is 11.5. The van der Waals surface area contributed by atoms with Gasteiger partial charge in [0.05, 0.1) is 5.69 Å². The lowest BCUT2D eigenvalue weighted by molar-refractivity contribution is 0.614. The summed E-state index contributed by atoms with van der Waals surface area (Å²) in [5, 5.41) is 3.12. The Morgan fingerprint density at radius 3 is 2.89 bits per heavy atom. The first-order chi connectivity index (χ1) is 9.22. The molecule has 2 heterocycles. The maximum atomic E-state index is 5.83. The number of nitrogens with zero attached hydrogens (tertiary/aromatic N) is 2. The molecule has 0 aliphatic carbocycles. The highest BCUT2D eigenvalue weighted by atomic mass is 16.4. The Balaban J connectivity index is 1.78. The highest BCUT2D eigenvalue weighted by molar-refractivity contribution is 5.86. The molecule has 0 saturated carbocycles. The lowest BCUT2D eigenvalue weighted by atomic mass is 10.2. The number of nitrogens with two attached hydrogens (primary N) is 1. The number of aromatic nitrogens is 2. The van der Waals surface area contributed by atoms with E-state index in [1.165, 1.54) is 0 Å². The Labute approximate surface area is 110 Å². The molecule has 3 rings (SSSR count). The summed E-state index contributed by atoms with van der Waals surface area (Å²) in [5.41, 5.74) is 9.89. The topological polar surface area (TPSA) is 77.0 Å². The van der Waals surface area contributed by atoms with E-state index in [4.69, 9.17) is 10.2 Å². The Kier molecular flexibility index (Phi) is 2.79. The molecule has 0 spiro atoms. The lowest BCUT2D eigenvalue weighted by Crippen LogP contribution is -2.00. The van der Waals surface area contributed by atoms with Gasteiger partial charge in [-0.05, 0) is 30.7 Å². The minimum atomic E-state index is 0.466. The third kappa shape index (κ3) is 2.35. The van der Waals surface area contributed by atoms with Gasteiger partial charge in [-0.2, -0.15) is 4.98 Å². The largest absolute Gasteiger partial charge is 0.423 e. The molecule has 1 aromatic carbocycles. The average Bonchev–Trinajstić information content (AvgIpc) is 2.83. The smallest absolute Gasteiger partial charge is 0.296 e. The molecule has 96 valence electrons. The normalized spacial score (nSPS) is 10.8. The van der Waals surface area contributed by atoms with Crippen molar-refractivity contribution in [2.45, 2.75) is 13.5 Å². The number of benzene rings is 1. The number of anilines is 2. The standard InChI is InChI=1S/C14H14N4O/c1-9-5-6-10(7-16-9)8-17-14-18-13-11(15)3-2-4-12(13)19-14/h2-7H,8,15H2,1H3,(H,17,18). The Morgan fingerprint density at radius 2 is 2.16 bits per heavy atom. The summed E-state index contributed by atoms with van der Waals surface area (Å²) in [6, 6.07) is 9.95. The van der Waals surface area contributed by atoms with Crippen LogP contribution in [0.3, 0.4) is 0 Å². The van der Waals surface area contributed by atoms with Gasteiger partial charge < -0.3 is 15.5 Å². The van der Waals surface area contributed by atoms with Gasteiger partial charge in [0.1, 0.15) is 5.52 Å². The van der Waals surface area contributed by atoms with Gasteiger partial charge in [-0.25, -0.2) is 0 Å². The summed E-state index contributed by atoms with van der Waals surface area (Å²) in [5.74, 6) is 0. The van der Waals surface area contributed by atoms with Crippen LogP contribution < -0.4 is 11.1 Å². The van der Waals surface area contributed by atoms with Crippen LogP contribution in [-0.4, -0.2) is 9.97 Å². The van der Waals surface area contributed by atoms with Crippen LogP contribution in [0.2, 0.25) is 0 Å². The van der Waals surface area contributed by atoms with Gasteiger partial charge in [0.2, 0.25) is 0 Å². The molecule has 5 nitrogen and oxygen atoms in total. The lowest BCUT2D eigenvalue weighted by Gasteiger charge is -2.01. The fourth-order valence-electron chi connectivity index (χ4n) is 1.83. The van der Waals surface area contributed by atoms with Crippen molar-refractivity contribution in [2.75, 3.05) is 11.1 Å². The number of rotatable bonds is 3. The number of hydrogen-bond donors (Lipinski definition) is 2. The van der Waals surface area contributed by atoms with Gasteiger partial charge in [0.15, 0.2) is 5.58 Å². The Hall–Kier alpha value is -2.56. The number of hydrogen-bond acceptors (Lipinski definition) is 5. The van der Waals surface area contributed by atoms with Crippen molar-refractivity contribution in [1.29, 1.82) is 0 Å². The molecule has 0 fully saturated rings. The number of aryl methyl sites for hydroxylation is 1. The zero-order chi connectivity index (χ0) is 13.2. The molecule has 0 aliphatic rings. The summed E-state index contributed by atoms with van der Waals surface area (Å²) in [7, 11) is 0. The van der Waals surface area contributed by atoms with Crippen LogP contribution in [0.25, 0.3) is 11.1 Å². The zero-order valence-electron chi connectivity index (χ0n) is 10.6. The van der Waals surface area contributed by atoms with E-state index in [-0.39, 0.29) is 0 Å². The molecule has 0 radical (unpaired) electrons. The van der Waals surface area contributed by atoms with Crippen molar-refractivity contribution in [3.63, 3.8) is 0 Å². The first-order valence-corrected chi connectivity index (χ1v) is 6.03. The number of nitrogen functional groups attached to an aromatic ring is 1. The first-order valence-electron chi connectivity index (χ1n) is 6.03. The number of pyridine rings is 1. The van der Waals surface area contributed by atoms with Crippen molar-refractivity contribution in [3.05, 3.63) is 47.8 Å². The summed E-state index contributed by atoms with van der Waals surface area (Å²) in [6.07, 6.45) is 1.83. The van der Waals surface area contributed by atoms with E-state index in [0.717, 1.165) is 11.3 Å². The number of nitrogens with one attached hydrogen (secondary N) is 1. The zero-order valence-corrected chi connectivity index (χ0v) is 10.6. The third-order valence-electron chi connectivity index (χ3n) is 2.87. The van der Waals surface area contributed by atoms with Crippen LogP contribution in [0.5, 0.6) is 0 Å².